The van der Waals surface area contributed by atoms with Gasteiger partial charge in [-0.25, -0.2) is 19.9 Å². The monoisotopic (exact) mass is 1200 g/mol. The summed E-state index contributed by atoms with van der Waals surface area (Å²) in [6.07, 6.45) is 1.16. The van der Waals surface area contributed by atoms with E-state index < -0.39 is 18.8 Å². The maximum absolute atomic E-state index is 12.5. The van der Waals surface area contributed by atoms with Gasteiger partial charge in [-0.15, -0.1) is 38.7 Å². The second-order valence-electron chi connectivity index (χ2n) is 20.4. The van der Waals surface area contributed by atoms with Crippen LogP contribution in [0, 0.1) is 0 Å². The minimum Gasteiger partial charge on any atom is -0.406 e. The summed E-state index contributed by atoms with van der Waals surface area (Å²) in [6, 6.07) is 11.5. The molecule has 4 atom stereocenters. The van der Waals surface area contributed by atoms with E-state index in [9.17, 15) is 41.0 Å². The Bertz CT molecular complexity index is 2540. The summed E-state index contributed by atoms with van der Waals surface area (Å²) in [5.74, 6) is 0.394. The lowest BCUT2D eigenvalue weighted by molar-refractivity contribution is -0.275. The van der Waals surface area contributed by atoms with Crippen molar-refractivity contribution in [1.82, 2.24) is 50.2 Å². The molecule has 4 unspecified atom stereocenters. The number of benzene rings is 2. The zero-order valence-corrected chi connectivity index (χ0v) is 47.5. The summed E-state index contributed by atoms with van der Waals surface area (Å²) in [7, 11) is 3.44. The maximum Gasteiger partial charge on any atom is 0.573 e. The molecule has 6 N–H and O–H groups in total. The summed E-state index contributed by atoms with van der Waals surface area (Å²) in [5.41, 5.74) is 2.95. The number of alkyl halides is 6. The molecule has 6 saturated heterocycles. The normalized spacial score (nSPS) is 21.1. The zero-order chi connectivity index (χ0) is 58.5. The Kier molecular flexibility index (Phi) is 26.1. The SMILES string of the molecule is COC1CCN(C(=O)CN2CCN(c3cnc(NCc4cccc(OC(F)(F)F)c4)nc3)CC2)C1.COC1CCNC1.Cl.O=C(CN1CCN(c2cnc(NCc3cccc(OC(F)(F)F)c3)nc2)CC1)N1CCC(O)C1.OC1CCNC1. The number of aliphatic hydroxyl groups excluding tert-OH is 2. The number of piperazine rings is 2. The molecule has 6 aliphatic heterocycles. The smallest absolute Gasteiger partial charge is 0.406 e. The highest BCUT2D eigenvalue weighted by Gasteiger charge is 2.33. The lowest BCUT2D eigenvalue weighted by atomic mass is 10.2. The lowest BCUT2D eigenvalue weighted by Crippen LogP contribution is -2.50. The van der Waals surface area contributed by atoms with Crippen LogP contribution in [0.25, 0.3) is 0 Å². The van der Waals surface area contributed by atoms with E-state index in [1.807, 2.05) is 4.90 Å². The number of anilines is 4. The van der Waals surface area contributed by atoms with Gasteiger partial charge < -0.3 is 70.0 Å². The Hall–Kier alpha value is -6.11. The first-order chi connectivity index (χ1) is 39.4. The van der Waals surface area contributed by atoms with Crippen LogP contribution in [0.5, 0.6) is 11.5 Å². The van der Waals surface area contributed by atoms with Crippen molar-refractivity contribution in [3.8, 4) is 11.5 Å². The average molecular weight is 1200 g/mol. The van der Waals surface area contributed by atoms with E-state index in [2.05, 4.69) is 70.3 Å². The fourth-order valence-corrected chi connectivity index (χ4v) is 9.71. The summed E-state index contributed by atoms with van der Waals surface area (Å²) >= 11 is 0. The van der Waals surface area contributed by atoms with Gasteiger partial charge in [0.05, 0.1) is 73.7 Å². The molecule has 8 heterocycles. The Morgan fingerprint density at radius 2 is 1.02 bits per heavy atom. The molecule has 0 saturated carbocycles. The first-order valence-corrected chi connectivity index (χ1v) is 27.5. The molecular formula is C54H77ClF6N14O8. The second kappa shape index (κ2) is 32.8. The number of rotatable bonds is 16. The number of hydrogen-bond acceptors (Lipinski definition) is 20. The Morgan fingerprint density at radius 1 is 0.578 bits per heavy atom. The van der Waals surface area contributed by atoms with Crippen molar-refractivity contribution in [2.45, 2.75) is 75.9 Å². The van der Waals surface area contributed by atoms with Crippen LogP contribution >= 0.6 is 12.4 Å². The van der Waals surface area contributed by atoms with Crippen LogP contribution in [0.3, 0.4) is 0 Å². The molecule has 6 fully saturated rings. The summed E-state index contributed by atoms with van der Waals surface area (Å²) in [5, 5.41) is 30.5. The number of nitrogens with zero attached hydrogens (tertiary/aromatic N) is 10. The fourth-order valence-electron chi connectivity index (χ4n) is 9.71. The van der Waals surface area contributed by atoms with Gasteiger partial charge >= 0.3 is 12.7 Å². The number of likely N-dealkylation sites (tertiary alicyclic amines) is 2. The van der Waals surface area contributed by atoms with E-state index in [1.54, 1.807) is 56.0 Å². The van der Waals surface area contributed by atoms with E-state index in [0.717, 1.165) is 109 Å². The van der Waals surface area contributed by atoms with Crippen molar-refractivity contribution in [3.63, 3.8) is 0 Å². The number of methoxy groups -OCH3 is 2. The summed E-state index contributed by atoms with van der Waals surface area (Å²) in [4.78, 5) is 54.3. The van der Waals surface area contributed by atoms with Crippen LogP contribution in [-0.2, 0) is 32.2 Å². The number of carbonyl (C=O) groups excluding carboxylic acids is 2. The van der Waals surface area contributed by atoms with Crippen LogP contribution in [-0.4, -0.2) is 231 Å². The topological polar surface area (TPSA) is 231 Å². The van der Waals surface area contributed by atoms with Crippen molar-refractivity contribution in [2.75, 3.05) is 152 Å². The molecule has 4 aromatic rings. The van der Waals surface area contributed by atoms with Gasteiger partial charge in [-0.2, -0.15) is 0 Å². The second-order valence-corrected chi connectivity index (χ2v) is 20.4. The molecule has 29 heteroatoms. The standard InChI is InChI=1S/C23H29F3N6O3.C22H27F3N6O3.C5H11NO.C4H9NO.ClH/c1-34-20-5-6-32(15-20)21(33)16-30-7-9-31(10-8-30)18-13-28-22(29-14-18)27-12-17-3-2-4-19(11-17)35-23(24,25)26;23-22(24,25)34-19-3-1-2-16(10-19)11-26-21-27-12-17(13-28-21)30-8-6-29(7-9-30)15-20(33)31-5-4-18(32)14-31;1-7-5-2-3-6-4-5;6-4-1-2-5-3-4;/h2-4,11,13-14,20H,5-10,12,15-16H2,1H3,(H,27,28,29);1-3,10,12-13,18,32H,4-9,11,14-15H2,(H,26,27,28);5-6H,2-4H2,1H3;4-6H,1-3H2;1H. The highest BCUT2D eigenvalue weighted by atomic mass is 35.5. The Balaban J connectivity index is 0.000000216. The number of halogens is 7. The average Bonchev–Trinajstić information content (AvgIpc) is 4.35. The predicted molar refractivity (Wildman–Crippen MR) is 300 cm³/mol. The number of hydrogen-bond donors (Lipinski definition) is 6. The van der Waals surface area contributed by atoms with E-state index in [4.69, 9.17) is 14.6 Å². The predicted octanol–water partition coefficient (Wildman–Crippen LogP) is 3.82. The van der Waals surface area contributed by atoms with Crippen LogP contribution in [0.4, 0.5) is 49.6 Å². The van der Waals surface area contributed by atoms with Gasteiger partial charge in [-0.3, -0.25) is 19.4 Å². The molecule has 6 aliphatic rings. The van der Waals surface area contributed by atoms with Gasteiger partial charge in [0.25, 0.3) is 0 Å². The number of aliphatic hydroxyl groups is 2. The number of ether oxygens (including phenoxy) is 4. The van der Waals surface area contributed by atoms with Crippen molar-refractivity contribution in [1.29, 1.82) is 0 Å². The van der Waals surface area contributed by atoms with Gasteiger partial charge in [0.2, 0.25) is 23.7 Å². The minimum atomic E-state index is -4.73. The quantitative estimate of drug-likeness (QED) is 0.0877. The Labute approximate surface area is 485 Å². The lowest BCUT2D eigenvalue weighted by Gasteiger charge is -2.36. The maximum atomic E-state index is 12.5. The number of amides is 2. The molecule has 2 aromatic carbocycles. The number of β-amino-alcohol motifs (C(OH)–C–C–N with tert-alkyl or cyclic N) is 2. The van der Waals surface area contributed by atoms with Gasteiger partial charge in [0.15, 0.2) is 0 Å². The van der Waals surface area contributed by atoms with E-state index in [0.29, 0.717) is 68.3 Å². The number of carbonyl (C=O) groups is 2. The highest BCUT2D eigenvalue weighted by Crippen LogP contribution is 2.26. The van der Waals surface area contributed by atoms with Crippen LogP contribution in [0.15, 0.2) is 73.3 Å². The third-order valence-electron chi connectivity index (χ3n) is 14.4. The number of aromatic nitrogens is 4. The van der Waals surface area contributed by atoms with Gasteiger partial charge in [-0.05, 0) is 74.2 Å². The Morgan fingerprint density at radius 3 is 1.37 bits per heavy atom. The van der Waals surface area contributed by atoms with E-state index in [-0.39, 0.29) is 61.0 Å². The molecular weight excluding hydrogens is 1120 g/mol. The molecule has 0 aliphatic carbocycles. The first-order valence-electron chi connectivity index (χ1n) is 27.5. The molecule has 10 rings (SSSR count). The van der Waals surface area contributed by atoms with Crippen molar-refractivity contribution in [2.24, 2.45) is 0 Å². The zero-order valence-electron chi connectivity index (χ0n) is 46.7. The van der Waals surface area contributed by atoms with Crippen molar-refractivity contribution in [3.05, 3.63) is 84.4 Å². The number of nitrogens with one attached hydrogen (secondary N) is 4. The van der Waals surface area contributed by atoms with Crippen molar-refractivity contribution < 1.29 is 65.1 Å². The van der Waals surface area contributed by atoms with Gasteiger partial charge in [-0.1, -0.05) is 24.3 Å². The largest absolute Gasteiger partial charge is 0.573 e. The fraction of sp³-hybridized carbons (Fsp3) is 0.593. The van der Waals surface area contributed by atoms with Crippen LogP contribution in [0.2, 0.25) is 0 Å². The molecule has 0 bridgehead atoms. The molecule has 2 amide bonds. The van der Waals surface area contributed by atoms with Crippen LogP contribution in [0.1, 0.15) is 36.8 Å². The molecule has 22 nitrogen and oxygen atoms in total. The van der Waals surface area contributed by atoms with E-state index >= 15 is 0 Å². The first kappa shape index (κ1) is 66.0. The molecule has 460 valence electrons. The molecule has 0 radical (unpaired) electrons. The van der Waals surface area contributed by atoms with Crippen molar-refractivity contribution >= 4 is 47.5 Å². The van der Waals surface area contributed by atoms with Crippen LogP contribution < -0.4 is 40.5 Å². The molecule has 0 spiro atoms. The van der Waals surface area contributed by atoms with Gasteiger partial charge in [0.1, 0.15) is 11.5 Å². The summed E-state index contributed by atoms with van der Waals surface area (Å²) < 4.78 is 92.6. The van der Waals surface area contributed by atoms with Gasteiger partial charge in [0, 0.05) is 119 Å². The minimum absolute atomic E-state index is 0. The molecule has 2 aromatic heterocycles. The van der Waals surface area contributed by atoms with E-state index in [1.165, 1.54) is 42.8 Å². The third-order valence-corrected chi connectivity index (χ3v) is 14.4. The summed E-state index contributed by atoms with van der Waals surface area (Å²) in [6.45, 7) is 13.7. The molecule has 83 heavy (non-hydrogen) atoms. The highest BCUT2D eigenvalue weighted by molar-refractivity contribution is 5.85. The third kappa shape index (κ3) is 23.1.